The first-order valence-electron chi connectivity index (χ1n) is 7.56. The summed E-state index contributed by atoms with van der Waals surface area (Å²) in [4.78, 5) is 17.4. The van der Waals surface area contributed by atoms with E-state index in [1.165, 1.54) is 11.3 Å². The lowest BCUT2D eigenvalue weighted by Gasteiger charge is -2.38. The molecule has 116 valence electrons. The van der Waals surface area contributed by atoms with Crippen LogP contribution in [0.1, 0.15) is 22.5 Å². The summed E-state index contributed by atoms with van der Waals surface area (Å²) in [5, 5.41) is 11.8. The first-order chi connectivity index (χ1) is 10.2. The van der Waals surface area contributed by atoms with E-state index in [-0.39, 0.29) is 5.91 Å². The number of hydrogen-bond acceptors (Lipinski definition) is 5. The van der Waals surface area contributed by atoms with Gasteiger partial charge in [-0.25, -0.2) is 0 Å². The number of hydrogen-bond donors (Lipinski definition) is 1. The molecule has 1 aromatic rings. The minimum absolute atomic E-state index is 0.155. The van der Waals surface area contributed by atoms with Gasteiger partial charge in [0.05, 0.1) is 24.2 Å². The van der Waals surface area contributed by atoms with E-state index in [0.717, 1.165) is 37.4 Å². The van der Waals surface area contributed by atoms with Crippen molar-refractivity contribution in [3.05, 3.63) is 22.4 Å². The number of likely N-dealkylation sites (tertiary alicyclic amines) is 1. The summed E-state index contributed by atoms with van der Waals surface area (Å²) in [6.07, 6.45) is 1.56. The average Bonchev–Trinajstić information content (AvgIpc) is 2.96. The zero-order valence-corrected chi connectivity index (χ0v) is 12.9. The van der Waals surface area contributed by atoms with Crippen LogP contribution >= 0.6 is 11.3 Å². The Hall–Kier alpha value is -0.950. The summed E-state index contributed by atoms with van der Waals surface area (Å²) in [6.45, 7) is 4.28. The van der Waals surface area contributed by atoms with Gasteiger partial charge in [-0.1, -0.05) is 6.07 Å². The van der Waals surface area contributed by atoms with Crippen molar-refractivity contribution >= 4 is 17.2 Å². The lowest BCUT2D eigenvalue weighted by molar-refractivity contribution is 0.0466. The Morgan fingerprint density at radius 3 is 2.86 bits per heavy atom. The van der Waals surface area contributed by atoms with Crippen LogP contribution in [0, 0.1) is 0 Å². The van der Waals surface area contributed by atoms with Gasteiger partial charge in [-0.15, -0.1) is 11.3 Å². The summed E-state index contributed by atoms with van der Waals surface area (Å²) < 4.78 is 5.38. The zero-order valence-electron chi connectivity index (χ0n) is 12.1. The van der Waals surface area contributed by atoms with E-state index < -0.39 is 6.10 Å². The molecule has 2 fully saturated rings. The molecule has 1 amide bonds. The molecule has 2 saturated heterocycles. The molecule has 0 radical (unpaired) electrons. The lowest BCUT2D eigenvalue weighted by atomic mass is 10.0. The van der Waals surface area contributed by atoms with Crippen molar-refractivity contribution in [2.45, 2.75) is 25.0 Å². The fourth-order valence-electron chi connectivity index (χ4n) is 3.14. The normalized spacial score (nSPS) is 25.8. The number of nitrogens with zero attached hydrogens (tertiary/aromatic N) is 2. The maximum atomic E-state index is 12.3. The number of carbonyl (C=O) groups is 1. The van der Waals surface area contributed by atoms with E-state index >= 15 is 0 Å². The summed E-state index contributed by atoms with van der Waals surface area (Å²) >= 11 is 1.51. The molecule has 3 rings (SSSR count). The van der Waals surface area contributed by atoms with Crippen LogP contribution in [0.15, 0.2) is 17.5 Å². The number of thiophene rings is 1. The summed E-state index contributed by atoms with van der Waals surface area (Å²) in [7, 11) is 0. The van der Waals surface area contributed by atoms with Crippen molar-refractivity contribution in [3.63, 3.8) is 0 Å². The number of amides is 1. The van der Waals surface area contributed by atoms with E-state index in [0.29, 0.717) is 25.8 Å². The van der Waals surface area contributed by atoms with E-state index in [2.05, 4.69) is 4.90 Å². The van der Waals surface area contributed by atoms with Crippen molar-refractivity contribution in [1.29, 1.82) is 0 Å². The molecule has 3 heterocycles. The largest absolute Gasteiger partial charge is 0.389 e. The van der Waals surface area contributed by atoms with Crippen molar-refractivity contribution in [3.8, 4) is 0 Å². The molecule has 0 spiro atoms. The second-order valence-electron chi connectivity index (χ2n) is 5.72. The van der Waals surface area contributed by atoms with Crippen LogP contribution in [0.4, 0.5) is 0 Å². The third-order valence-electron chi connectivity index (χ3n) is 4.28. The number of piperidine rings is 1. The first kappa shape index (κ1) is 15.0. The monoisotopic (exact) mass is 310 g/mol. The van der Waals surface area contributed by atoms with Crippen LogP contribution in [0.2, 0.25) is 0 Å². The van der Waals surface area contributed by atoms with E-state index in [4.69, 9.17) is 4.74 Å². The number of ether oxygens (including phenoxy) is 1. The predicted molar refractivity (Wildman–Crippen MR) is 81.6 cm³/mol. The van der Waals surface area contributed by atoms with Gasteiger partial charge in [0.25, 0.3) is 5.91 Å². The van der Waals surface area contributed by atoms with Gasteiger partial charge in [-0.3, -0.25) is 9.69 Å². The predicted octanol–water partition coefficient (Wildman–Crippen LogP) is 1.05. The zero-order chi connectivity index (χ0) is 14.7. The molecule has 0 aliphatic carbocycles. The molecule has 0 bridgehead atoms. The first-order valence-corrected chi connectivity index (χ1v) is 8.44. The highest BCUT2D eigenvalue weighted by Crippen LogP contribution is 2.21. The quantitative estimate of drug-likeness (QED) is 0.887. The Bertz CT molecular complexity index is 457. The van der Waals surface area contributed by atoms with Gasteiger partial charge in [-0.05, 0) is 24.3 Å². The SMILES string of the molecule is O=C(c1cccs1)N1CCC(N2CCOCC(O)C2)CC1. The van der Waals surface area contributed by atoms with E-state index in [1.807, 2.05) is 22.4 Å². The van der Waals surface area contributed by atoms with Crippen LogP contribution < -0.4 is 0 Å². The number of aliphatic hydroxyl groups is 1. The Balaban J connectivity index is 1.54. The Morgan fingerprint density at radius 2 is 2.14 bits per heavy atom. The molecular weight excluding hydrogens is 288 g/mol. The number of β-amino-alcohol motifs (C(OH)–C–C–N with tert-alkyl or cyclic N) is 1. The molecule has 21 heavy (non-hydrogen) atoms. The molecule has 1 atom stereocenters. The molecule has 1 N–H and O–H groups in total. The van der Waals surface area contributed by atoms with Crippen molar-refractivity contribution < 1.29 is 14.6 Å². The molecular formula is C15H22N2O3S. The maximum Gasteiger partial charge on any atom is 0.263 e. The van der Waals surface area contributed by atoms with Gasteiger partial charge < -0.3 is 14.7 Å². The Labute approximate surface area is 129 Å². The summed E-state index contributed by atoms with van der Waals surface area (Å²) in [5.74, 6) is 0.155. The van der Waals surface area contributed by atoms with Crippen molar-refractivity contribution in [2.24, 2.45) is 0 Å². The number of aliphatic hydroxyl groups excluding tert-OH is 1. The van der Waals surface area contributed by atoms with Gasteiger partial charge in [0.1, 0.15) is 0 Å². The van der Waals surface area contributed by atoms with Crippen LogP contribution in [-0.2, 0) is 4.74 Å². The molecule has 2 aliphatic heterocycles. The molecule has 0 aromatic carbocycles. The van der Waals surface area contributed by atoms with Crippen LogP contribution in [0.5, 0.6) is 0 Å². The van der Waals surface area contributed by atoms with Crippen LogP contribution in [0.25, 0.3) is 0 Å². The van der Waals surface area contributed by atoms with Gasteiger partial charge >= 0.3 is 0 Å². The van der Waals surface area contributed by atoms with Gasteiger partial charge in [0.15, 0.2) is 0 Å². The highest BCUT2D eigenvalue weighted by Gasteiger charge is 2.29. The minimum Gasteiger partial charge on any atom is -0.389 e. The fraction of sp³-hybridized carbons (Fsp3) is 0.667. The average molecular weight is 310 g/mol. The highest BCUT2D eigenvalue weighted by atomic mass is 32.1. The van der Waals surface area contributed by atoms with Gasteiger partial charge in [0.2, 0.25) is 0 Å². The molecule has 5 nitrogen and oxygen atoms in total. The second kappa shape index (κ2) is 6.87. The number of carbonyl (C=O) groups excluding carboxylic acids is 1. The summed E-state index contributed by atoms with van der Waals surface area (Å²) in [6, 6.07) is 4.26. The molecule has 1 unspecified atom stereocenters. The van der Waals surface area contributed by atoms with Gasteiger partial charge in [-0.2, -0.15) is 0 Å². The minimum atomic E-state index is -0.390. The topological polar surface area (TPSA) is 53.0 Å². The Kier molecular flexibility index (Phi) is 4.90. The lowest BCUT2D eigenvalue weighted by Crippen LogP contribution is -2.48. The summed E-state index contributed by atoms with van der Waals surface area (Å²) in [5.41, 5.74) is 0. The van der Waals surface area contributed by atoms with Crippen LogP contribution in [-0.4, -0.2) is 72.4 Å². The van der Waals surface area contributed by atoms with Crippen LogP contribution in [0.3, 0.4) is 0 Å². The molecule has 0 saturated carbocycles. The third kappa shape index (κ3) is 3.63. The van der Waals surface area contributed by atoms with Crippen molar-refractivity contribution in [1.82, 2.24) is 9.80 Å². The fourth-order valence-corrected chi connectivity index (χ4v) is 3.83. The maximum absolute atomic E-state index is 12.3. The second-order valence-corrected chi connectivity index (χ2v) is 6.67. The highest BCUT2D eigenvalue weighted by molar-refractivity contribution is 7.12. The van der Waals surface area contributed by atoms with E-state index in [1.54, 1.807) is 0 Å². The van der Waals surface area contributed by atoms with Crippen molar-refractivity contribution in [2.75, 3.05) is 39.4 Å². The molecule has 1 aromatic heterocycles. The number of rotatable bonds is 2. The smallest absolute Gasteiger partial charge is 0.263 e. The van der Waals surface area contributed by atoms with E-state index in [9.17, 15) is 9.90 Å². The Morgan fingerprint density at radius 1 is 1.33 bits per heavy atom. The molecule has 6 heteroatoms. The van der Waals surface area contributed by atoms with Gasteiger partial charge in [0, 0.05) is 32.2 Å². The standard InChI is InChI=1S/C15H22N2O3S/c18-13-10-17(7-8-20-11-13)12-3-5-16(6-4-12)15(19)14-2-1-9-21-14/h1-2,9,12-13,18H,3-8,10-11H2. The third-order valence-corrected chi connectivity index (χ3v) is 5.14. The molecule has 2 aliphatic rings.